The Kier molecular flexibility index (Phi) is 5.37. The van der Waals surface area contributed by atoms with Crippen molar-refractivity contribution in [3.8, 4) is 0 Å². The van der Waals surface area contributed by atoms with Crippen molar-refractivity contribution >= 4 is 10.0 Å². The molecule has 4 nitrogen and oxygen atoms in total. The summed E-state index contributed by atoms with van der Waals surface area (Å²) in [7, 11) is -3.57. The summed E-state index contributed by atoms with van der Waals surface area (Å²) in [5.41, 5.74) is -0.462. The van der Waals surface area contributed by atoms with E-state index in [9.17, 15) is 21.6 Å². The molecule has 1 aliphatic rings. The summed E-state index contributed by atoms with van der Waals surface area (Å²) in [4.78, 5) is 0. The van der Waals surface area contributed by atoms with Crippen LogP contribution in [0.4, 0.5) is 13.2 Å². The van der Waals surface area contributed by atoms with E-state index >= 15 is 0 Å². The second-order valence-electron chi connectivity index (χ2n) is 5.95. The maximum Gasteiger partial charge on any atom is 0.416 e. The molecule has 0 spiro atoms. The van der Waals surface area contributed by atoms with Crippen LogP contribution >= 0.6 is 0 Å². The summed E-state index contributed by atoms with van der Waals surface area (Å²) in [6.45, 7) is 4.00. The fourth-order valence-electron chi connectivity index (χ4n) is 2.54. The van der Waals surface area contributed by atoms with Crippen LogP contribution < -0.4 is 0 Å². The predicted octanol–water partition coefficient (Wildman–Crippen LogP) is 2.89. The topological polar surface area (TPSA) is 46.6 Å². The van der Waals surface area contributed by atoms with Gasteiger partial charge in [-0.3, -0.25) is 0 Å². The highest BCUT2D eigenvalue weighted by molar-refractivity contribution is 7.89. The molecule has 0 radical (unpaired) electrons. The highest BCUT2D eigenvalue weighted by Crippen LogP contribution is 2.30. The lowest BCUT2D eigenvalue weighted by atomic mass is 10.0. The highest BCUT2D eigenvalue weighted by Gasteiger charge is 2.35. The number of rotatable bonds is 3. The Bertz CT molecular complexity index is 644. The van der Waals surface area contributed by atoms with Crippen LogP contribution in [-0.4, -0.2) is 37.7 Å². The minimum absolute atomic E-state index is 0.00586. The van der Waals surface area contributed by atoms with E-state index in [1.165, 1.54) is 16.4 Å². The molecule has 0 bridgehead atoms. The summed E-state index contributed by atoms with van der Waals surface area (Å²) < 4.78 is 69.9. The van der Waals surface area contributed by atoms with E-state index in [4.69, 9.17) is 4.74 Å². The maximum absolute atomic E-state index is 12.8. The Morgan fingerprint density at radius 1 is 1.35 bits per heavy atom. The van der Waals surface area contributed by atoms with Gasteiger partial charge in [-0.1, -0.05) is 32.0 Å². The van der Waals surface area contributed by atoms with Crippen molar-refractivity contribution in [1.82, 2.24) is 4.31 Å². The first kappa shape index (κ1) is 18.2. The van der Waals surface area contributed by atoms with Crippen LogP contribution in [-0.2, 0) is 27.5 Å². The minimum atomic E-state index is -4.45. The van der Waals surface area contributed by atoms with Gasteiger partial charge in [0.2, 0.25) is 10.0 Å². The van der Waals surface area contributed by atoms with Gasteiger partial charge in [-0.2, -0.15) is 17.5 Å². The first-order chi connectivity index (χ1) is 10.6. The van der Waals surface area contributed by atoms with Crippen LogP contribution in [0, 0.1) is 5.92 Å². The molecule has 0 aromatic heterocycles. The summed E-state index contributed by atoms with van der Waals surface area (Å²) >= 11 is 0. The number of alkyl halides is 3. The van der Waals surface area contributed by atoms with Gasteiger partial charge in [0.15, 0.2) is 0 Å². The number of hydrogen-bond donors (Lipinski definition) is 0. The molecule has 1 aliphatic heterocycles. The zero-order valence-corrected chi connectivity index (χ0v) is 13.8. The van der Waals surface area contributed by atoms with Gasteiger partial charge in [-0.15, -0.1) is 0 Å². The standard InChI is InChI=1S/C15H20F3NO3S/c1-11(2)14-10-22-6-7-23(20,21)19(14)9-12-4-3-5-13(8-12)15(16,17)18/h3-5,8,11,14H,6-7,9-10H2,1-2H3/t14-/m1/s1. The van der Waals surface area contributed by atoms with Crippen LogP contribution in [0.5, 0.6) is 0 Å². The molecule has 1 heterocycles. The molecule has 0 N–H and O–H groups in total. The number of benzene rings is 1. The monoisotopic (exact) mass is 351 g/mol. The minimum Gasteiger partial charge on any atom is -0.379 e. The Morgan fingerprint density at radius 2 is 2.04 bits per heavy atom. The molecule has 130 valence electrons. The molecular formula is C15H20F3NO3S. The van der Waals surface area contributed by atoms with Gasteiger partial charge in [-0.25, -0.2) is 8.42 Å². The number of ether oxygens (including phenoxy) is 1. The third-order valence-electron chi connectivity index (χ3n) is 3.86. The van der Waals surface area contributed by atoms with Crippen LogP contribution in [0.2, 0.25) is 0 Å². The molecule has 0 amide bonds. The lowest BCUT2D eigenvalue weighted by molar-refractivity contribution is -0.137. The van der Waals surface area contributed by atoms with Gasteiger partial charge in [-0.05, 0) is 17.5 Å². The van der Waals surface area contributed by atoms with Gasteiger partial charge in [0.05, 0.1) is 30.6 Å². The molecule has 1 atom stereocenters. The van der Waals surface area contributed by atoms with E-state index in [0.29, 0.717) is 5.56 Å². The second-order valence-corrected chi connectivity index (χ2v) is 7.99. The molecule has 0 unspecified atom stereocenters. The molecule has 1 fully saturated rings. The Morgan fingerprint density at radius 3 is 2.65 bits per heavy atom. The zero-order chi connectivity index (χ0) is 17.3. The van der Waals surface area contributed by atoms with Crippen molar-refractivity contribution in [3.05, 3.63) is 35.4 Å². The third-order valence-corrected chi connectivity index (χ3v) is 5.66. The molecular weight excluding hydrogens is 331 g/mol. The molecule has 1 saturated heterocycles. The SMILES string of the molecule is CC(C)[C@H]1COCCS(=O)(=O)N1Cc1cccc(C(F)(F)F)c1. The number of halogens is 3. The van der Waals surface area contributed by atoms with Crippen LogP contribution in [0.3, 0.4) is 0 Å². The summed E-state index contributed by atoms with van der Waals surface area (Å²) in [6, 6.07) is 4.39. The summed E-state index contributed by atoms with van der Waals surface area (Å²) in [5.74, 6) is -0.163. The quantitative estimate of drug-likeness (QED) is 0.841. The lowest BCUT2D eigenvalue weighted by Crippen LogP contribution is -2.44. The molecule has 1 aromatic rings. The summed E-state index contributed by atoms with van der Waals surface area (Å²) in [5, 5.41) is 0. The van der Waals surface area contributed by atoms with Gasteiger partial charge < -0.3 is 4.74 Å². The Balaban J connectivity index is 2.34. The molecule has 2 rings (SSSR count). The molecule has 0 saturated carbocycles. The lowest BCUT2D eigenvalue weighted by Gasteiger charge is -2.31. The third kappa shape index (κ3) is 4.45. The fourth-order valence-corrected chi connectivity index (χ4v) is 4.17. The predicted molar refractivity (Wildman–Crippen MR) is 80.2 cm³/mol. The Labute approximate surface area is 134 Å². The van der Waals surface area contributed by atoms with E-state index < -0.39 is 27.8 Å². The largest absolute Gasteiger partial charge is 0.416 e. The van der Waals surface area contributed by atoms with Crippen molar-refractivity contribution < 1.29 is 26.3 Å². The van der Waals surface area contributed by atoms with E-state index in [0.717, 1.165) is 12.1 Å². The molecule has 8 heteroatoms. The van der Waals surface area contributed by atoms with Crippen molar-refractivity contribution in [2.45, 2.75) is 32.6 Å². The van der Waals surface area contributed by atoms with Gasteiger partial charge in [0, 0.05) is 6.54 Å². The fraction of sp³-hybridized carbons (Fsp3) is 0.600. The summed E-state index contributed by atoms with van der Waals surface area (Å²) in [6.07, 6.45) is -4.45. The maximum atomic E-state index is 12.8. The molecule has 1 aromatic carbocycles. The number of hydrogen-bond acceptors (Lipinski definition) is 3. The normalized spacial score (nSPS) is 23.0. The average Bonchev–Trinajstić information content (AvgIpc) is 2.58. The number of sulfonamides is 1. The van der Waals surface area contributed by atoms with Crippen LogP contribution in [0.15, 0.2) is 24.3 Å². The molecule has 0 aliphatic carbocycles. The van der Waals surface area contributed by atoms with Gasteiger partial charge in [0.1, 0.15) is 0 Å². The van der Waals surface area contributed by atoms with E-state index in [2.05, 4.69) is 0 Å². The van der Waals surface area contributed by atoms with E-state index in [-0.39, 0.29) is 31.4 Å². The number of nitrogens with zero attached hydrogens (tertiary/aromatic N) is 1. The second kappa shape index (κ2) is 6.78. The van der Waals surface area contributed by atoms with Crippen LogP contribution in [0.25, 0.3) is 0 Å². The van der Waals surface area contributed by atoms with E-state index in [1.54, 1.807) is 0 Å². The van der Waals surface area contributed by atoms with Crippen LogP contribution in [0.1, 0.15) is 25.0 Å². The molecule has 23 heavy (non-hydrogen) atoms. The van der Waals surface area contributed by atoms with Crippen molar-refractivity contribution in [1.29, 1.82) is 0 Å². The zero-order valence-electron chi connectivity index (χ0n) is 13.0. The van der Waals surface area contributed by atoms with Gasteiger partial charge >= 0.3 is 6.18 Å². The van der Waals surface area contributed by atoms with Crippen molar-refractivity contribution in [2.24, 2.45) is 5.92 Å². The van der Waals surface area contributed by atoms with Crippen molar-refractivity contribution in [3.63, 3.8) is 0 Å². The first-order valence-electron chi connectivity index (χ1n) is 7.34. The first-order valence-corrected chi connectivity index (χ1v) is 8.95. The smallest absolute Gasteiger partial charge is 0.379 e. The van der Waals surface area contributed by atoms with Gasteiger partial charge in [0.25, 0.3) is 0 Å². The average molecular weight is 351 g/mol. The van der Waals surface area contributed by atoms with E-state index in [1.807, 2.05) is 13.8 Å². The highest BCUT2D eigenvalue weighted by atomic mass is 32.2. The Hall–Kier alpha value is -1.12. The van der Waals surface area contributed by atoms with Crippen molar-refractivity contribution in [2.75, 3.05) is 19.0 Å².